The largest absolute Gasteiger partial charge is 0.370 e. The Kier molecular flexibility index (Phi) is 4.65. The standard InChI is InChI=1S/C11H21N3OS/c1-4-8-5-6-16-10(13-8)14-11(2,3)7-9(12)15/h8H,4-7H2,1-3H3,(H2,12,15)(H,13,14). The Hall–Kier alpha value is -0.710. The Labute approximate surface area is 101 Å². The van der Waals surface area contributed by atoms with E-state index in [0.29, 0.717) is 12.5 Å². The van der Waals surface area contributed by atoms with Crippen LogP contribution in [0.4, 0.5) is 0 Å². The first-order chi connectivity index (χ1) is 7.43. The molecule has 1 atom stereocenters. The minimum atomic E-state index is -0.312. The first-order valence-electron chi connectivity index (χ1n) is 5.70. The van der Waals surface area contributed by atoms with Gasteiger partial charge in [0.2, 0.25) is 5.91 Å². The van der Waals surface area contributed by atoms with Crippen molar-refractivity contribution in [1.29, 1.82) is 0 Å². The number of hydrogen-bond donors (Lipinski definition) is 2. The molecule has 1 rings (SSSR count). The maximum absolute atomic E-state index is 10.9. The van der Waals surface area contributed by atoms with Crippen LogP contribution in [-0.4, -0.2) is 28.4 Å². The monoisotopic (exact) mass is 243 g/mol. The van der Waals surface area contributed by atoms with Gasteiger partial charge in [-0.2, -0.15) is 0 Å². The van der Waals surface area contributed by atoms with Crippen LogP contribution >= 0.6 is 11.8 Å². The summed E-state index contributed by atoms with van der Waals surface area (Å²) in [5, 5.41) is 4.25. The molecule has 16 heavy (non-hydrogen) atoms. The van der Waals surface area contributed by atoms with Gasteiger partial charge in [-0.1, -0.05) is 18.7 Å². The van der Waals surface area contributed by atoms with E-state index in [0.717, 1.165) is 23.8 Å². The number of carbonyl (C=O) groups is 1. The fourth-order valence-corrected chi connectivity index (χ4v) is 2.85. The molecule has 0 saturated heterocycles. The highest BCUT2D eigenvalue weighted by Gasteiger charge is 2.24. The van der Waals surface area contributed by atoms with Gasteiger partial charge in [0.25, 0.3) is 0 Å². The minimum Gasteiger partial charge on any atom is -0.370 e. The van der Waals surface area contributed by atoms with E-state index < -0.39 is 0 Å². The summed E-state index contributed by atoms with van der Waals surface area (Å²) in [6.45, 7) is 6.09. The number of nitrogens with zero attached hydrogens (tertiary/aromatic N) is 1. The maximum atomic E-state index is 10.9. The van der Waals surface area contributed by atoms with Gasteiger partial charge in [-0.05, 0) is 26.7 Å². The highest BCUT2D eigenvalue weighted by atomic mass is 32.2. The van der Waals surface area contributed by atoms with Crippen LogP contribution < -0.4 is 11.1 Å². The van der Waals surface area contributed by atoms with Gasteiger partial charge in [0, 0.05) is 17.7 Å². The van der Waals surface area contributed by atoms with E-state index in [1.165, 1.54) is 0 Å². The SMILES string of the molecule is CCC1CCSC(NC(C)(C)CC(N)=O)=N1. The van der Waals surface area contributed by atoms with Crippen molar-refractivity contribution in [3.63, 3.8) is 0 Å². The van der Waals surface area contributed by atoms with Crippen molar-refractivity contribution in [2.75, 3.05) is 5.75 Å². The molecule has 1 aliphatic heterocycles. The number of amides is 1. The molecule has 5 heteroatoms. The predicted molar refractivity (Wildman–Crippen MR) is 69.6 cm³/mol. The summed E-state index contributed by atoms with van der Waals surface area (Å²) >= 11 is 1.72. The third kappa shape index (κ3) is 4.43. The molecule has 1 aliphatic rings. The quantitative estimate of drug-likeness (QED) is 0.786. The first-order valence-corrected chi connectivity index (χ1v) is 6.68. The van der Waals surface area contributed by atoms with Crippen LogP contribution in [-0.2, 0) is 4.79 Å². The summed E-state index contributed by atoms with van der Waals surface area (Å²) in [5.41, 5.74) is 4.90. The summed E-state index contributed by atoms with van der Waals surface area (Å²) in [4.78, 5) is 15.5. The van der Waals surface area contributed by atoms with Gasteiger partial charge in [-0.25, -0.2) is 0 Å². The summed E-state index contributed by atoms with van der Waals surface area (Å²) in [5.74, 6) is 0.808. The number of nitrogens with two attached hydrogens (primary N) is 1. The lowest BCUT2D eigenvalue weighted by Crippen LogP contribution is -2.46. The summed E-state index contributed by atoms with van der Waals surface area (Å²) in [6, 6.07) is 0.424. The fourth-order valence-electron chi connectivity index (χ4n) is 1.69. The number of carbonyl (C=O) groups excluding carboxylic acids is 1. The molecular weight excluding hydrogens is 222 g/mol. The van der Waals surface area contributed by atoms with Crippen molar-refractivity contribution >= 4 is 22.8 Å². The van der Waals surface area contributed by atoms with Crippen LogP contribution in [0.1, 0.15) is 40.0 Å². The number of hydrogen-bond acceptors (Lipinski definition) is 4. The van der Waals surface area contributed by atoms with Gasteiger partial charge in [0.05, 0.1) is 6.04 Å². The smallest absolute Gasteiger partial charge is 0.219 e. The normalized spacial score (nSPS) is 21.4. The van der Waals surface area contributed by atoms with E-state index in [1.807, 2.05) is 13.8 Å². The zero-order valence-corrected chi connectivity index (χ0v) is 11.1. The summed E-state index contributed by atoms with van der Waals surface area (Å²) < 4.78 is 0. The lowest BCUT2D eigenvalue weighted by molar-refractivity contribution is -0.119. The average molecular weight is 243 g/mol. The maximum Gasteiger partial charge on any atom is 0.219 e. The second-order valence-electron chi connectivity index (χ2n) is 4.79. The summed E-state index contributed by atoms with van der Waals surface area (Å²) in [7, 11) is 0. The number of aliphatic imine (C=N–C) groups is 1. The van der Waals surface area contributed by atoms with Crippen molar-refractivity contribution in [3.05, 3.63) is 0 Å². The lowest BCUT2D eigenvalue weighted by atomic mass is 10.0. The minimum absolute atomic E-state index is 0.286. The van der Waals surface area contributed by atoms with Gasteiger partial charge in [0.1, 0.15) is 0 Å². The van der Waals surface area contributed by atoms with Gasteiger partial charge in [-0.15, -0.1) is 0 Å². The van der Waals surface area contributed by atoms with Crippen molar-refractivity contribution in [2.24, 2.45) is 10.7 Å². The van der Waals surface area contributed by atoms with Gasteiger partial charge < -0.3 is 11.1 Å². The Bertz CT molecular complexity index is 289. The number of primary amides is 1. The van der Waals surface area contributed by atoms with Gasteiger partial charge >= 0.3 is 0 Å². The number of rotatable bonds is 4. The second kappa shape index (κ2) is 5.57. The number of amidine groups is 1. The molecular formula is C11H21N3OS. The molecule has 4 nitrogen and oxygen atoms in total. The lowest BCUT2D eigenvalue weighted by Gasteiger charge is -2.29. The van der Waals surface area contributed by atoms with E-state index in [1.54, 1.807) is 11.8 Å². The Morgan fingerprint density at radius 3 is 2.94 bits per heavy atom. The van der Waals surface area contributed by atoms with Crippen LogP contribution in [0.3, 0.4) is 0 Å². The Balaban J connectivity index is 2.58. The highest BCUT2D eigenvalue weighted by molar-refractivity contribution is 8.13. The van der Waals surface area contributed by atoms with Crippen molar-refractivity contribution in [3.8, 4) is 0 Å². The third-order valence-corrected chi connectivity index (χ3v) is 3.44. The van der Waals surface area contributed by atoms with Crippen molar-refractivity contribution in [2.45, 2.75) is 51.6 Å². The zero-order valence-electron chi connectivity index (χ0n) is 10.2. The number of nitrogens with one attached hydrogen (secondary N) is 1. The summed E-state index contributed by atoms with van der Waals surface area (Å²) in [6.07, 6.45) is 2.54. The predicted octanol–water partition coefficient (Wildman–Crippen LogP) is 1.50. The van der Waals surface area contributed by atoms with Gasteiger partial charge in [-0.3, -0.25) is 9.79 Å². The molecule has 0 fully saturated rings. The molecule has 3 N–H and O–H groups in total. The first kappa shape index (κ1) is 13.4. The third-order valence-electron chi connectivity index (χ3n) is 2.52. The van der Waals surface area contributed by atoms with Crippen LogP contribution in [0.25, 0.3) is 0 Å². The fraction of sp³-hybridized carbons (Fsp3) is 0.818. The molecule has 1 unspecified atom stereocenters. The molecule has 0 radical (unpaired) electrons. The average Bonchev–Trinajstić information content (AvgIpc) is 2.15. The molecule has 0 aliphatic carbocycles. The van der Waals surface area contributed by atoms with Crippen molar-refractivity contribution < 1.29 is 4.79 Å². The Morgan fingerprint density at radius 2 is 2.38 bits per heavy atom. The van der Waals surface area contributed by atoms with Crippen molar-refractivity contribution in [1.82, 2.24) is 5.32 Å². The Morgan fingerprint density at radius 1 is 1.69 bits per heavy atom. The molecule has 0 bridgehead atoms. The zero-order chi connectivity index (χ0) is 12.2. The second-order valence-corrected chi connectivity index (χ2v) is 5.87. The molecule has 1 amide bonds. The van der Waals surface area contributed by atoms with E-state index >= 15 is 0 Å². The van der Waals surface area contributed by atoms with E-state index in [2.05, 4.69) is 17.2 Å². The van der Waals surface area contributed by atoms with Crippen LogP contribution in [0.2, 0.25) is 0 Å². The molecule has 0 spiro atoms. The molecule has 0 aromatic rings. The molecule has 92 valence electrons. The van der Waals surface area contributed by atoms with Gasteiger partial charge in [0.15, 0.2) is 5.17 Å². The molecule has 0 aromatic heterocycles. The molecule has 1 heterocycles. The highest BCUT2D eigenvalue weighted by Crippen LogP contribution is 2.20. The molecule has 0 saturated carbocycles. The van der Waals surface area contributed by atoms with E-state index in [4.69, 9.17) is 5.73 Å². The topological polar surface area (TPSA) is 67.5 Å². The van der Waals surface area contributed by atoms with Crippen LogP contribution in [0.5, 0.6) is 0 Å². The number of thioether (sulfide) groups is 1. The van der Waals surface area contributed by atoms with Crippen LogP contribution in [0, 0.1) is 0 Å². The molecule has 0 aromatic carbocycles. The van der Waals surface area contributed by atoms with E-state index in [-0.39, 0.29) is 11.4 Å². The van der Waals surface area contributed by atoms with E-state index in [9.17, 15) is 4.79 Å². The van der Waals surface area contributed by atoms with Crippen LogP contribution in [0.15, 0.2) is 4.99 Å².